The summed E-state index contributed by atoms with van der Waals surface area (Å²) in [4.78, 5) is 0. The van der Waals surface area contributed by atoms with Crippen LogP contribution in [0.1, 0.15) is 30.0 Å². The van der Waals surface area contributed by atoms with Crippen LogP contribution in [0.3, 0.4) is 0 Å². The molecule has 1 aliphatic rings. The molecular formula is C22H20. The van der Waals surface area contributed by atoms with Crippen LogP contribution in [0.2, 0.25) is 0 Å². The molecular weight excluding hydrogens is 264 g/mol. The minimum absolute atomic E-state index is 1.06. The van der Waals surface area contributed by atoms with Gasteiger partial charge < -0.3 is 0 Å². The first kappa shape index (κ1) is 13.3. The van der Waals surface area contributed by atoms with Gasteiger partial charge in [0.2, 0.25) is 0 Å². The molecule has 0 amide bonds. The van der Waals surface area contributed by atoms with Crippen molar-refractivity contribution in [1.82, 2.24) is 0 Å². The van der Waals surface area contributed by atoms with E-state index in [1.54, 1.807) is 0 Å². The lowest BCUT2D eigenvalue weighted by molar-refractivity contribution is 0.923. The summed E-state index contributed by atoms with van der Waals surface area (Å²) in [5.41, 5.74) is 9.94. The second kappa shape index (κ2) is 5.46. The van der Waals surface area contributed by atoms with Crippen molar-refractivity contribution in [1.29, 1.82) is 0 Å². The standard InChI is InChI=1S/C22H20/c1-2-7-16-8-3-5-10-20(16)18-12-13-22-19(15-18)14-17-9-4-6-11-21(17)22/h3-6,8-13,15H,2,7,14H2,1H3. The summed E-state index contributed by atoms with van der Waals surface area (Å²) < 4.78 is 0. The van der Waals surface area contributed by atoms with Crippen molar-refractivity contribution in [2.24, 2.45) is 0 Å². The largest absolute Gasteiger partial charge is 0.0651 e. The van der Waals surface area contributed by atoms with Gasteiger partial charge in [0, 0.05) is 0 Å². The van der Waals surface area contributed by atoms with Gasteiger partial charge in [-0.1, -0.05) is 80.1 Å². The highest BCUT2D eigenvalue weighted by molar-refractivity contribution is 5.80. The summed E-state index contributed by atoms with van der Waals surface area (Å²) in [6.07, 6.45) is 3.40. The van der Waals surface area contributed by atoms with E-state index in [0.717, 1.165) is 12.8 Å². The molecule has 3 aromatic rings. The highest BCUT2D eigenvalue weighted by Crippen LogP contribution is 2.38. The van der Waals surface area contributed by atoms with E-state index in [9.17, 15) is 0 Å². The predicted molar refractivity (Wildman–Crippen MR) is 94.1 cm³/mol. The molecule has 0 heteroatoms. The molecule has 0 aliphatic heterocycles. The smallest absolute Gasteiger partial charge is 0.00132 e. The Morgan fingerprint density at radius 2 is 1.45 bits per heavy atom. The summed E-state index contributed by atoms with van der Waals surface area (Å²) in [7, 11) is 0. The van der Waals surface area contributed by atoms with Crippen LogP contribution in [-0.4, -0.2) is 0 Å². The zero-order chi connectivity index (χ0) is 14.9. The van der Waals surface area contributed by atoms with Crippen molar-refractivity contribution in [3.8, 4) is 22.3 Å². The summed E-state index contributed by atoms with van der Waals surface area (Å²) in [6, 6.07) is 24.6. The van der Waals surface area contributed by atoms with Gasteiger partial charge in [-0.15, -0.1) is 0 Å². The Bertz CT molecular complexity index is 827. The fourth-order valence-electron chi connectivity index (χ4n) is 3.60. The normalized spacial score (nSPS) is 12.0. The van der Waals surface area contributed by atoms with Crippen LogP contribution in [0.5, 0.6) is 0 Å². The first-order chi connectivity index (χ1) is 10.9. The second-order valence-electron chi connectivity index (χ2n) is 6.11. The molecule has 0 heterocycles. The van der Waals surface area contributed by atoms with E-state index in [2.05, 4.69) is 73.7 Å². The molecule has 0 saturated heterocycles. The molecule has 0 N–H and O–H groups in total. The zero-order valence-corrected chi connectivity index (χ0v) is 13.0. The number of hydrogen-bond donors (Lipinski definition) is 0. The molecule has 4 rings (SSSR count). The number of hydrogen-bond acceptors (Lipinski definition) is 0. The quantitative estimate of drug-likeness (QED) is 0.441. The van der Waals surface area contributed by atoms with E-state index in [1.165, 1.54) is 45.4 Å². The molecule has 0 nitrogen and oxygen atoms in total. The molecule has 0 bridgehead atoms. The fraction of sp³-hybridized carbons (Fsp3) is 0.182. The molecule has 1 aliphatic carbocycles. The lowest BCUT2D eigenvalue weighted by Gasteiger charge is -2.10. The third-order valence-electron chi connectivity index (χ3n) is 4.64. The Kier molecular flexibility index (Phi) is 3.31. The minimum atomic E-state index is 1.06. The van der Waals surface area contributed by atoms with Crippen molar-refractivity contribution >= 4 is 0 Å². The van der Waals surface area contributed by atoms with Gasteiger partial charge in [0.1, 0.15) is 0 Å². The molecule has 0 fully saturated rings. The highest BCUT2D eigenvalue weighted by atomic mass is 14.2. The van der Waals surface area contributed by atoms with E-state index < -0.39 is 0 Å². The third-order valence-corrected chi connectivity index (χ3v) is 4.64. The van der Waals surface area contributed by atoms with E-state index in [-0.39, 0.29) is 0 Å². The minimum Gasteiger partial charge on any atom is -0.0651 e. The maximum absolute atomic E-state index is 2.39. The monoisotopic (exact) mass is 284 g/mol. The molecule has 108 valence electrons. The van der Waals surface area contributed by atoms with Crippen LogP contribution in [-0.2, 0) is 12.8 Å². The molecule has 0 spiro atoms. The average Bonchev–Trinajstić information content (AvgIpc) is 2.93. The SMILES string of the molecule is CCCc1ccccc1-c1ccc2c(c1)Cc1ccccc1-2. The third kappa shape index (κ3) is 2.16. The molecule has 22 heavy (non-hydrogen) atoms. The van der Waals surface area contributed by atoms with Crippen LogP contribution in [0.4, 0.5) is 0 Å². The van der Waals surface area contributed by atoms with Gasteiger partial charge in [0.25, 0.3) is 0 Å². The number of aryl methyl sites for hydroxylation is 1. The first-order valence-corrected chi connectivity index (χ1v) is 8.16. The summed E-state index contributed by atoms with van der Waals surface area (Å²) in [6.45, 7) is 2.25. The molecule has 0 unspecified atom stereocenters. The molecule has 0 saturated carbocycles. The highest BCUT2D eigenvalue weighted by Gasteiger charge is 2.18. The van der Waals surface area contributed by atoms with Crippen molar-refractivity contribution < 1.29 is 0 Å². The Morgan fingerprint density at radius 3 is 2.32 bits per heavy atom. The Morgan fingerprint density at radius 1 is 0.727 bits per heavy atom. The summed E-state index contributed by atoms with van der Waals surface area (Å²) in [5, 5.41) is 0. The van der Waals surface area contributed by atoms with Gasteiger partial charge >= 0.3 is 0 Å². The van der Waals surface area contributed by atoms with Crippen molar-refractivity contribution in [3.05, 3.63) is 83.4 Å². The van der Waals surface area contributed by atoms with Crippen LogP contribution in [0.15, 0.2) is 66.7 Å². The van der Waals surface area contributed by atoms with Gasteiger partial charge in [-0.05, 0) is 51.8 Å². The van der Waals surface area contributed by atoms with Crippen LogP contribution in [0.25, 0.3) is 22.3 Å². The predicted octanol–water partition coefficient (Wildman–Crippen LogP) is 5.88. The second-order valence-corrected chi connectivity index (χ2v) is 6.11. The maximum atomic E-state index is 2.39. The number of benzene rings is 3. The number of fused-ring (bicyclic) bond motifs is 3. The van der Waals surface area contributed by atoms with Gasteiger partial charge in [-0.3, -0.25) is 0 Å². The van der Waals surface area contributed by atoms with Gasteiger partial charge in [-0.25, -0.2) is 0 Å². The Labute approximate surface area is 132 Å². The maximum Gasteiger partial charge on any atom is -0.00132 e. The van der Waals surface area contributed by atoms with Gasteiger partial charge in [0.05, 0.1) is 0 Å². The topological polar surface area (TPSA) is 0 Å². The van der Waals surface area contributed by atoms with Crippen molar-refractivity contribution in [3.63, 3.8) is 0 Å². The zero-order valence-electron chi connectivity index (χ0n) is 13.0. The van der Waals surface area contributed by atoms with Gasteiger partial charge in [-0.2, -0.15) is 0 Å². The van der Waals surface area contributed by atoms with E-state index in [1.807, 2.05) is 0 Å². The first-order valence-electron chi connectivity index (χ1n) is 8.16. The van der Waals surface area contributed by atoms with E-state index in [4.69, 9.17) is 0 Å². The Hall–Kier alpha value is -2.34. The van der Waals surface area contributed by atoms with Crippen molar-refractivity contribution in [2.75, 3.05) is 0 Å². The summed E-state index contributed by atoms with van der Waals surface area (Å²) >= 11 is 0. The van der Waals surface area contributed by atoms with Crippen molar-refractivity contribution in [2.45, 2.75) is 26.2 Å². The lowest BCUT2D eigenvalue weighted by Crippen LogP contribution is -1.90. The number of rotatable bonds is 3. The van der Waals surface area contributed by atoms with E-state index >= 15 is 0 Å². The molecule has 0 aromatic heterocycles. The van der Waals surface area contributed by atoms with Crippen LogP contribution >= 0.6 is 0 Å². The average molecular weight is 284 g/mol. The molecule has 0 radical (unpaired) electrons. The van der Waals surface area contributed by atoms with Gasteiger partial charge in [0.15, 0.2) is 0 Å². The lowest BCUT2D eigenvalue weighted by atomic mass is 9.94. The molecule has 3 aromatic carbocycles. The summed E-state index contributed by atoms with van der Waals surface area (Å²) in [5.74, 6) is 0. The fourth-order valence-corrected chi connectivity index (χ4v) is 3.60. The van der Waals surface area contributed by atoms with E-state index in [0.29, 0.717) is 0 Å². The van der Waals surface area contributed by atoms with Crippen LogP contribution in [0, 0.1) is 0 Å². The Balaban J connectivity index is 1.80. The molecule has 0 atom stereocenters. The van der Waals surface area contributed by atoms with Crippen LogP contribution < -0.4 is 0 Å².